The molecule has 29 heavy (non-hydrogen) atoms. The van der Waals surface area contributed by atoms with E-state index in [1.807, 2.05) is 6.07 Å². The number of anilines is 1. The summed E-state index contributed by atoms with van der Waals surface area (Å²) < 4.78 is 13.4. The van der Waals surface area contributed by atoms with Gasteiger partial charge in [0, 0.05) is 11.8 Å². The largest absolute Gasteiger partial charge is 0.380 e. The van der Waals surface area contributed by atoms with Crippen molar-refractivity contribution in [2.45, 2.75) is 6.10 Å². The summed E-state index contributed by atoms with van der Waals surface area (Å²) in [5.41, 5.74) is 1.71. The molecule has 4 aromatic rings. The minimum Gasteiger partial charge on any atom is -0.380 e. The van der Waals surface area contributed by atoms with Crippen LogP contribution in [-0.4, -0.2) is 31.1 Å². The number of hydrogen-bond donors (Lipinski definition) is 4. The van der Waals surface area contributed by atoms with Gasteiger partial charge in [0.05, 0.1) is 16.2 Å². The summed E-state index contributed by atoms with van der Waals surface area (Å²) in [4.78, 5) is 11.4. The molecule has 146 valence electrons. The second-order valence-corrected chi connectivity index (χ2v) is 6.66. The average molecular weight is 412 g/mol. The van der Waals surface area contributed by atoms with Crippen LogP contribution in [0.1, 0.15) is 23.1 Å². The Kier molecular flexibility index (Phi) is 4.98. The van der Waals surface area contributed by atoms with Gasteiger partial charge < -0.3 is 10.1 Å². The van der Waals surface area contributed by atoms with Gasteiger partial charge in [0.15, 0.2) is 11.5 Å². The lowest BCUT2D eigenvalue weighted by Crippen LogP contribution is -2.27. The number of aliphatic hydroxyl groups excluding tert-OH is 1. The quantitative estimate of drug-likeness (QED) is 0.230. The van der Waals surface area contributed by atoms with Crippen LogP contribution in [0.5, 0.6) is 0 Å². The molecule has 0 aliphatic rings. The van der Waals surface area contributed by atoms with Crippen LogP contribution >= 0.6 is 11.6 Å². The van der Waals surface area contributed by atoms with Gasteiger partial charge in [-0.25, -0.2) is 19.4 Å². The molecule has 2 aromatic heterocycles. The summed E-state index contributed by atoms with van der Waals surface area (Å²) in [7, 11) is 0. The molecular weight excluding hydrogens is 397 g/mol. The molecule has 1 unspecified atom stereocenters. The molecule has 0 aliphatic heterocycles. The van der Waals surface area contributed by atoms with Crippen LogP contribution in [0.4, 0.5) is 10.1 Å². The van der Waals surface area contributed by atoms with E-state index in [0.29, 0.717) is 16.1 Å². The van der Waals surface area contributed by atoms with Crippen molar-refractivity contribution in [2.75, 3.05) is 5.06 Å². The number of H-pyrrole nitrogens is 1. The maximum Gasteiger partial charge on any atom is 0.178 e. The molecule has 1 atom stereocenters. The van der Waals surface area contributed by atoms with Gasteiger partial charge in [-0.1, -0.05) is 41.9 Å². The third-order valence-corrected chi connectivity index (χ3v) is 4.69. The zero-order valence-corrected chi connectivity index (χ0v) is 15.6. The number of halogens is 2. The molecule has 0 fully saturated rings. The van der Waals surface area contributed by atoms with Crippen molar-refractivity contribution in [3.05, 3.63) is 88.6 Å². The van der Waals surface area contributed by atoms with Gasteiger partial charge in [-0.05, 0) is 29.8 Å². The molecule has 4 rings (SSSR count). The molecule has 2 heterocycles. The van der Waals surface area contributed by atoms with Gasteiger partial charge in [0.25, 0.3) is 0 Å². The van der Waals surface area contributed by atoms with Crippen LogP contribution in [0.2, 0.25) is 5.02 Å². The van der Waals surface area contributed by atoms with Crippen molar-refractivity contribution in [1.29, 1.82) is 5.41 Å². The first-order chi connectivity index (χ1) is 14.0. The molecule has 0 radical (unpaired) electrons. The van der Waals surface area contributed by atoms with Crippen LogP contribution in [0.3, 0.4) is 0 Å². The molecule has 0 saturated carbocycles. The average Bonchev–Trinajstić information content (AvgIpc) is 3.19. The summed E-state index contributed by atoms with van der Waals surface area (Å²) >= 11 is 5.76. The van der Waals surface area contributed by atoms with E-state index >= 15 is 0 Å². The van der Waals surface area contributed by atoms with E-state index in [9.17, 15) is 14.7 Å². The first kappa shape index (κ1) is 19.0. The standard InChI is InChI=1S/C20H15ClFN5O2/c21-14-10-12(6-7-15(14)22)27(29)18(23)13-8-9-24-19-16(13)25-20(26-19)17(28)11-4-2-1-3-5-11/h1-10,17,23,28-29H,(H,24,25,26). The zero-order valence-electron chi connectivity index (χ0n) is 14.8. The van der Waals surface area contributed by atoms with Crippen LogP contribution < -0.4 is 5.06 Å². The van der Waals surface area contributed by atoms with Crippen molar-refractivity contribution in [3.8, 4) is 0 Å². The molecule has 0 aliphatic carbocycles. The smallest absolute Gasteiger partial charge is 0.178 e. The number of aromatic nitrogens is 3. The van der Waals surface area contributed by atoms with Gasteiger partial charge in [-0.3, -0.25) is 10.6 Å². The molecule has 0 saturated heterocycles. The number of amidine groups is 1. The van der Waals surface area contributed by atoms with Gasteiger partial charge in [0.1, 0.15) is 17.7 Å². The van der Waals surface area contributed by atoms with Crippen LogP contribution in [0.25, 0.3) is 11.2 Å². The lowest BCUT2D eigenvalue weighted by Gasteiger charge is -2.18. The molecule has 0 bridgehead atoms. The molecule has 0 spiro atoms. The van der Waals surface area contributed by atoms with Crippen molar-refractivity contribution in [2.24, 2.45) is 0 Å². The summed E-state index contributed by atoms with van der Waals surface area (Å²) in [5, 5.41) is 29.8. The lowest BCUT2D eigenvalue weighted by molar-refractivity contribution is 0.211. The third-order valence-electron chi connectivity index (χ3n) is 4.40. The highest BCUT2D eigenvalue weighted by molar-refractivity contribution is 6.31. The Balaban J connectivity index is 1.71. The molecule has 4 N–H and O–H groups in total. The Morgan fingerprint density at radius 3 is 2.66 bits per heavy atom. The summed E-state index contributed by atoms with van der Waals surface area (Å²) in [6.45, 7) is 0. The zero-order chi connectivity index (χ0) is 20.5. The molecule has 0 amide bonds. The number of benzene rings is 2. The fraction of sp³-hybridized carbons (Fsp3) is 0.0500. The number of hydrogen-bond acceptors (Lipinski definition) is 5. The van der Waals surface area contributed by atoms with E-state index in [2.05, 4.69) is 15.0 Å². The van der Waals surface area contributed by atoms with Crippen LogP contribution in [0.15, 0.2) is 60.8 Å². The second kappa shape index (κ2) is 7.59. The van der Waals surface area contributed by atoms with E-state index in [0.717, 1.165) is 6.07 Å². The molecule has 2 aromatic carbocycles. The summed E-state index contributed by atoms with van der Waals surface area (Å²) in [6.07, 6.45) is 0.436. The minimum atomic E-state index is -1.01. The minimum absolute atomic E-state index is 0.121. The van der Waals surface area contributed by atoms with Crippen molar-refractivity contribution >= 4 is 34.3 Å². The third kappa shape index (κ3) is 3.56. The number of imidazole rings is 1. The second-order valence-electron chi connectivity index (χ2n) is 6.25. The van der Waals surface area contributed by atoms with Gasteiger partial charge in [-0.2, -0.15) is 0 Å². The van der Waals surface area contributed by atoms with Crippen molar-refractivity contribution in [3.63, 3.8) is 0 Å². The van der Waals surface area contributed by atoms with E-state index in [-0.39, 0.29) is 33.6 Å². The number of aliphatic hydroxyl groups is 1. The molecule has 9 heteroatoms. The van der Waals surface area contributed by atoms with Crippen molar-refractivity contribution in [1.82, 2.24) is 15.0 Å². The predicted molar refractivity (Wildman–Crippen MR) is 107 cm³/mol. The lowest BCUT2D eigenvalue weighted by atomic mass is 10.1. The summed E-state index contributed by atoms with van der Waals surface area (Å²) in [6, 6.07) is 14.1. The Morgan fingerprint density at radius 1 is 1.17 bits per heavy atom. The monoisotopic (exact) mass is 411 g/mol. The highest BCUT2D eigenvalue weighted by atomic mass is 35.5. The highest BCUT2D eigenvalue weighted by Gasteiger charge is 2.21. The highest BCUT2D eigenvalue weighted by Crippen LogP contribution is 2.26. The van der Waals surface area contributed by atoms with Gasteiger partial charge >= 0.3 is 0 Å². The maximum atomic E-state index is 13.4. The molecular formula is C20H15ClFN5O2. The topological polar surface area (TPSA) is 109 Å². The Hall–Kier alpha value is -3.33. The van der Waals surface area contributed by atoms with E-state index in [1.165, 1.54) is 24.4 Å². The first-order valence-electron chi connectivity index (χ1n) is 8.56. The van der Waals surface area contributed by atoms with E-state index in [4.69, 9.17) is 17.0 Å². The SMILES string of the molecule is N=C(c1ccnc2nc(C(O)c3ccccc3)[nH]c12)N(O)c1ccc(F)c(Cl)c1. The Morgan fingerprint density at radius 2 is 1.93 bits per heavy atom. The molecule has 7 nitrogen and oxygen atoms in total. The number of pyridine rings is 1. The fourth-order valence-electron chi connectivity index (χ4n) is 2.91. The van der Waals surface area contributed by atoms with Gasteiger partial charge in [0.2, 0.25) is 0 Å². The number of fused-ring (bicyclic) bond motifs is 1. The number of nitrogens with zero attached hydrogens (tertiary/aromatic N) is 3. The Labute approximate surface area is 169 Å². The number of nitrogens with one attached hydrogen (secondary N) is 2. The Bertz CT molecular complexity index is 1200. The number of rotatable bonds is 4. The van der Waals surface area contributed by atoms with Gasteiger partial charge in [-0.15, -0.1) is 0 Å². The predicted octanol–water partition coefficient (Wildman–Crippen LogP) is 4.05. The normalized spacial score (nSPS) is 12.1. The number of aromatic amines is 1. The maximum absolute atomic E-state index is 13.4. The summed E-state index contributed by atoms with van der Waals surface area (Å²) in [5.74, 6) is -0.674. The van der Waals surface area contributed by atoms with E-state index in [1.54, 1.807) is 24.3 Å². The fourth-order valence-corrected chi connectivity index (χ4v) is 3.08. The first-order valence-corrected chi connectivity index (χ1v) is 8.94. The number of hydroxylamine groups is 1. The van der Waals surface area contributed by atoms with E-state index < -0.39 is 11.9 Å². The van der Waals surface area contributed by atoms with Crippen molar-refractivity contribution < 1.29 is 14.7 Å². The van der Waals surface area contributed by atoms with Crippen LogP contribution in [-0.2, 0) is 0 Å². The van der Waals surface area contributed by atoms with Crippen LogP contribution in [0, 0.1) is 11.2 Å².